The lowest BCUT2D eigenvalue weighted by Gasteiger charge is -2.11. The van der Waals surface area contributed by atoms with E-state index < -0.39 is 0 Å². The lowest BCUT2D eigenvalue weighted by Crippen LogP contribution is -2.27. The fraction of sp³-hybridized carbons (Fsp3) is 0.250. The predicted octanol–water partition coefficient (Wildman–Crippen LogP) is 2.01. The molecule has 3 rings (SSSR count). The van der Waals surface area contributed by atoms with Crippen molar-refractivity contribution in [1.82, 2.24) is 24.9 Å². The normalized spacial score (nSPS) is 12.1. The zero-order valence-electron chi connectivity index (χ0n) is 12.9. The molecule has 1 N–H and O–H groups in total. The zero-order chi connectivity index (χ0) is 16.2. The molecule has 0 aliphatic rings. The Morgan fingerprint density at radius 1 is 1.35 bits per heavy atom. The van der Waals surface area contributed by atoms with Gasteiger partial charge in [0.05, 0.1) is 24.5 Å². The van der Waals surface area contributed by atoms with Crippen molar-refractivity contribution in [2.24, 2.45) is 0 Å². The third-order valence-corrected chi connectivity index (χ3v) is 3.30. The lowest BCUT2D eigenvalue weighted by molar-refractivity contribution is 0.0934. The third-order valence-electron chi connectivity index (χ3n) is 3.30. The molecule has 3 aromatic rings. The van der Waals surface area contributed by atoms with Crippen LogP contribution in [0.1, 0.15) is 36.1 Å². The number of nitrogens with zero attached hydrogens (tertiary/aromatic N) is 4. The van der Waals surface area contributed by atoms with Crippen molar-refractivity contribution in [2.75, 3.05) is 6.61 Å². The maximum atomic E-state index is 12.3. The van der Waals surface area contributed by atoms with Gasteiger partial charge in [0.2, 0.25) is 5.88 Å². The number of imidazole rings is 1. The first-order chi connectivity index (χ1) is 11.2. The molecule has 0 aromatic carbocycles. The van der Waals surface area contributed by atoms with E-state index in [0.29, 0.717) is 23.8 Å². The summed E-state index contributed by atoms with van der Waals surface area (Å²) >= 11 is 0. The average Bonchev–Trinajstić information content (AvgIpc) is 2.99. The minimum atomic E-state index is -0.272. The number of amides is 1. The zero-order valence-corrected chi connectivity index (χ0v) is 12.9. The van der Waals surface area contributed by atoms with Crippen LogP contribution in [0.5, 0.6) is 5.88 Å². The molecule has 0 aliphatic heterocycles. The number of pyridine rings is 1. The van der Waals surface area contributed by atoms with E-state index in [0.717, 1.165) is 5.69 Å². The Bertz CT molecular complexity index is 816. The molecule has 0 saturated carbocycles. The highest BCUT2D eigenvalue weighted by Crippen LogP contribution is 2.12. The molecule has 23 heavy (non-hydrogen) atoms. The third kappa shape index (κ3) is 3.28. The summed E-state index contributed by atoms with van der Waals surface area (Å²) in [5, 5.41) is 7.12. The molecule has 7 nitrogen and oxygen atoms in total. The van der Waals surface area contributed by atoms with Gasteiger partial charge in [-0.05, 0) is 32.0 Å². The topological polar surface area (TPSA) is 81.4 Å². The summed E-state index contributed by atoms with van der Waals surface area (Å²) < 4.78 is 6.87. The van der Waals surface area contributed by atoms with Crippen LogP contribution in [0.4, 0.5) is 0 Å². The number of nitrogens with one attached hydrogen (secondary N) is 1. The van der Waals surface area contributed by atoms with E-state index >= 15 is 0 Å². The molecule has 1 amide bonds. The molecule has 118 valence electrons. The Balaban J connectivity index is 1.78. The SMILES string of the molecule is CCOc1ccc2nc(C(=O)N[C@H](C)c3ccccn3)cn2n1. The highest BCUT2D eigenvalue weighted by atomic mass is 16.5. The van der Waals surface area contributed by atoms with Crippen molar-refractivity contribution < 1.29 is 9.53 Å². The van der Waals surface area contributed by atoms with Crippen molar-refractivity contribution in [1.29, 1.82) is 0 Å². The highest BCUT2D eigenvalue weighted by Gasteiger charge is 2.15. The van der Waals surface area contributed by atoms with Gasteiger partial charge < -0.3 is 10.1 Å². The summed E-state index contributed by atoms with van der Waals surface area (Å²) in [5.74, 6) is 0.220. The fourth-order valence-corrected chi connectivity index (χ4v) is 2.18. The molecule has 0 saturated heterocycles. The Hall–Kier alpha value is -2.96. The Kier molecular flexibility index (Phi) is 4.18. The molecule has 3 heterocycles. The number of carbonyl (C=O) groups is 1. The summed E-state index contributed by atoms with van der Waals surface area (Å²) in [5.41, 5.74) is 1.68. The number of hydrogen-bond acceptors (Lipinski definition) is 5. The summed E-state index contributed by atoms with van der Waals surface area (Å²) in [4.78, 5) is 20.8. The summed E-state index contributed by atoms with van der Waals surface area (Å²) in [6.45, 7) is 4.29. The number of fused-ring (bicyclic) bond motifs is 1. The first-order valence-corrected chi connectivity index (χ1v) is 7.38. The minimum absolute atomic E-state index is 0.208. The maximum absolute atomic E-state index is 12.3. The monoisotopic (exact) mass is 311 g/mol. The Morgan fingerprint density at radius 3 is 2.96 bits per heavy atom. The van der Waals surface area contributed by atoms with Crippen LogP contribution in [0.2, 0.25) is 0 Å². The van der Waals surface area contributed by atoms with Crippen molar-refractivity contribution in [2.45, 2.75) is 19.9 Å². The summed E-state index contributed by atoms with van der Waals surface area (Å²) in [7, 11) is 0. The van der Waals surface area contributed by atoms with Gasteiger partial charge in [-0.1, -0.05) is 6.07 Å². The molecule has 0 aliphatic carbocycles. The van der Waals surface area contributed by atoms with Gasteiger partial charge in [-0.3, -0.25) is 9.78 Å². The molecule has 7 heteroatoms. The second-order valence-electron chi connectivity index (χ2n) is 4.98. The molecule has 0 unspecified atom stereocenters. The van der Waals surface area contributed by atoms with Gasteiger partial charge in [-0.25, -0.2) is 9.50 Å². The highest BCUT2D eigenvalue weighted by molar-refractivity contribution is 5.93. The van der Waals surface area contributed by atoms with E-state index in [-0.39, 0.29) is 11.9 Å². The molecule has 0 bridgehead atoms. The first-order valence-electron chi connectivity index (χ1n) is 7.38. The van der Waals surface area contributed by atoms with E-state index in [2.05, 4.69) is 20.4 Å². The second-order valence-corrected chi connectivity index (χ2v) is 4.98. The molecule has 1 atom stereocenters. The number of aromatic nitrogens is 4. The Labute approximate surface area is 133 Å². The molecule has 3 aromatic heterocycles. The van der Waals surface area contributed by atoms with Crippen LogP contribution in [0, 0.1) is 0 Å². The van der Waals surface area contributed by atoms with Crippen LogP contribution >= 0.6 is 0 Å². The van der Waals surface area contributed by atoms with Gasteiger partial charge in [-0.2, -0.15) is 0 Å². The van der Waals surface area contributed by atoms with Crippen molar-refractivity contribution >= 4 is 11.6 Å². The van der Waals surface area contributed by atoms with E-state index in [1.807, 2.05) is 32.0 Å². The number of ether oxygens (including phenoxy) is 1. The first kappa shape index (κ1) is 15.0. The molecule has 0 radical (unpaired) electrons. The lowest BCUT2D eigenvalue weighted by atomic mass is 10.2. The van der Waals surface area contributed by atoms with Crippen LogP contribution in [0.3, 0.4) is 0 Å². The quantitative estimate of drug-likeness (QED) is 0.779. The second kappa shape index (κ2) is 6.43. The number of rotatable bonds is 5. The molecular weight excluding hydrogens is 294 g/mol. The number of hydrogen-bond donors (Lipinski definition) is 1. The van der Waals surface area contributed by atoms with Crippen molar-refractivity contribution in [3.8, 4) is 5.88 Å². The van der Waals surface area contributed by atoms with Crippen LogP contribution in [0.15, 0.2) is 42.7 Å². The van der Waals surface area contributed by atoms with Crippen LogP contribution < -0.4 is 10.1 Å². The van der Waals surface area contributed by atoms with Crippen molar-refractivity contribution in [3.05, 3.63) is 54.1 Å². The van der Waals surface area contributed by atoms with E-state index in [1.165, 1.54) is 4.52 Å². The van der Waals surface area contributed by atoms with Crippen LogP contribution in [-0.4, -0.2) is 32.1 Å². The predicted molar refractivity (Wildman–Crippen MR) is 84.3 cm³/mol. The van der Waals surface area contributed by atoms with Gasteiger partial charge in [0.15, 0.2) is 5.65 Å². The van der Waals surface area contributed by atoms with E-state index in [4.69, 9.17) is 4.74 Å². The van der Waals surface area contributed by atoms with Crippen molar-refractivity contribution in [3.63, 3.8) is 0 Å². The maximum Gasteiger partial charge on any atom is 0.272 e. The summed E-state index contributed by atoms with van der Waals surface area (Å²) in [6.07, 6.45) is 3.28. The standard InChI is InChI=1S/C16H17N5O2/c1-3-23-15-8-7-14-19-13(10-21(14)20-15)16(22)18-11(2)12-6-4-5-9-17-12/h4-11H,3H2,1-2H3,(H,18,22)/t11-/m1/s1. The smallest absolute Gasteiger partial charge is 0.272 e. The molecule has 0 fully saturated rings. The van der Waals surface area contributed by atoms with Crippen LogP contribution in [-0.2, 0) is 0 Å². The molecular formula is C16H17N5O2. The van der Waals surface area contributed by atoms with Gasteiger partial charge in [0.1, 0.15) is 5.69 Å². The Morgan fingerprint density at radius 2 is 2.22 bits per heavy atom. The van der Waals surface area contributed by atoms with Gasteiger partial charge in [0.25, 0.3) is 5.91 Å². The van der Waals surface area contributed by atoms with E-state index in [1.54, 1.807) is 24.5 Å². The fourth-order valence-electron chi connectivity index (χ4n) is 2.18. The molecule has 0 spiro atoms. The minimum Gasteiger partial charge on any atom is -0.477 e. The van der Waals surface area contributed by atoms with Gasteiger partial charge >= 0.3 is 0 Å². The van der Waals surface area contributed by atoms with Gasteiger partial charge in [-0.15, -0.1) is 5.10 Å². The van der Waals surface area contributed by atoms with E-state index in [9.17, 15) is 4.79 Å². The average molecular weight is 311 g/mol. The van der Waals surface area contributed by atoms with Gasteiger partial charge in [0, 0.05) is 12.3 Å². The largest absolute Gasteiger partial charge is 0.477 e. The van der Waals surface area contributed by atoms with Crippen LogP contribution in [0.25, 0.3) is 5.65 Å². The summed E-state index contributed by atoms with van der Waals surface area (Å²) in [6, 6.07) is 8.86. The number of carbonyl (C=O) groups excluding carboxylic acids is 1.